The number of benzene rings is 2. The third-order valence-electron chi connectivity index (χ3n) is 4.61. The van der Waals surface area contributed by atoms with Gasteiger partial charge >= 0.3 is 0 Å². The van der Waals surface area contributed by atoms with Crippen molar-refractivity contribution in [2.45, 2.75) is 26.2 Å². The molecule has 0 radical (unpaired) electrons. The summed E-state index contributed by atoms with van der Waals surface area (Å²) in [6.45, 7) is 3.74. The van der Waals surface area contributed by atoms with Crippen molar-refractivity contribution >= 4 is 46.2 Å². The number of piperidine rings is 1. The van der Waals surface area contributed by atoms with Crippen LogP contribution in [-0.2, 0) is 4.79 Å². The van der Waals surface area contributed by atoms with Crippen LogP contribution in [0.5, 0.6) is 5.75 Å². The second-order valence-corrected chi connectivity index (χ2v) is 7.56. The van der Waals surface area contributed by atoms with Gasteiger partial charge in [-0.1, -0.05) is 35.9 Å². The lowest BCUT2D eigenvalue weighted by molar-refractivity contribution is -0.121. The molecule has 0 atom stereocenters. The molecule has 0 aromatic heterocycles. The second kappa shape index (κ2) is 9.75. The molecule has 28 heavy (non-hydrogen) atoms. The number of anilines is 2. The summed E-state index contributed by atoms with van der Waals surface area (Å²) in [4.78, 5) is 14.4. The zero-order valence-electron chi connectivity index (χ0n) is 15.8. The Morgan fingerprint density at radius 2 is 1.89 bits per heavy atom. The average molecular weight is 418 g/mol. The molecule has 0 unspecified atom stereocenters. The van der Waals surface area contributed by atoms with E-state index in [-0.39, 0.29) is 17.6 Å². The minimum atomic E-state index is -0.317. The molecule has 1 amide bonds. The third kappa shape index (κ3) is 5.36. The highest BCUT2D eigenvalue weighted by Crippen LogP contribution is 2.35. The van der Waals surface area contributed by atoms with E-state index in [1.807, 2.05) is 49.4 Å². The Kier molecular flexibility index (Phi) is 7.12. The number of rotatable bonds is 5. The largest absolute Gasteiger partial charge is 0.483 e. The second-order valence-electron chi connectivity index (χ2n) is 6.74. The molecule has 1 saturated heterocycles. The van der Waals surface area contributed by atoms with Crippen molar-refractivity contribution in [3.05, 3.63) is 53.1 Å². The smallest absolute Gasteiger partial charge is 0.264 e. The van der Waals surface area contributed by atoms with Crippen LogP contribution in [0.1, 0.15) is 24.8 Å². The Bertz CT molecular complexity index is 853. The van der Waals surface area contributed by atoms with E-state index in [1.165, 1.54) is 6.42 Å². The number of hydrogen-bond donors (Lipinski definition) is 2. The number of carbonyl (C=O) groups excluding carboxylic acids is 1. The van der Waals surface area contributed by atoms with Crippen LogP contribution in [0.4, 0.5) is 11.4 Å². The van der Waals surface area contributed by atoms with Crippen molar-refractivity contribution < 1.29 is 9.53 Å². The first-order valence-corrected chi connectivity index (χ1v) is 10.2. The van der Waals surface area contributed by atoms with Gasteiger partial charge in [-0.2, -0.15) is 0 Å². The number of amides is 1. The molecule has 2 aromatic carbocycles. The number of para-hydroxylation sites is 2. The summed E-state index contributed by atoms with van der Waals surface area (Å²) in [5.41, 5.74) is 2.69. The quantitative estimate of drug-likeness (QED) is 0.700. The van der Waals surface area contributed by atoms with Crippen molar-refractivity contribution in [3.8, 4) is 5.75 Å². The predicted molar refractivity (Wildman–Crippen MR) is 119 cm³/mol. The van der Waals surface area contributed by atoms with E-state index in [4.69, 9.17) is 28.6 Å². The lowest BCUT2D eigenvalue weighted by Gasteiger charge is -2.31. The van der Waals surface area contributed by atoms with Crippen LogP contribution in [-0.4, -0.2) is 30.7 Å². The zero-order chi connectivity index (χ0) is 19.9. The summed E-state index contributed by atoms with van der Waals surface area (Å²) >= 11 is 11.8. The number of hydrogen-bond acceptors (Lipinski definition) is 4. The Balaban J connectivity index is 1.59. The van der Waals surface area contributed by atoms with Gasteiger partial charge in [-0.15, -0.1) is 0 Å². The standard InChI is InChI=1S/C21H24ClN3O2S/c1-15-8-3-4-11-18(15)27-14-19(26)24-21(28)23-17-10-7-9-16(22)20(17)25-12-5-2-6-13-25/h3-4,7-11H,2,5-6,12-14H2,1H3,(H2,23,24,26,28). The molecule has 148 valence electrons. The Labute approximate surface area is 176 Å². The van der Waals surface area contributed by atoms with Crippen LogP contribution in [0.3, 0.4) is 0 Å². The van der Waals surface area contributed by atoms with Crippen molar-refractivity contribution in [2.24, 2.45) is 0 Å². The van der Waals surface area contributed by atoms with Gasteiger partial charge in [-0.25, -0.2) is 0 Å². The van der Waals surface area contributed by atoms with E-state index in [2.05, 4.69) is 15.5 Å². The normalized spacial score (nSPS) is 13.7. The van der Waals surface area contributed by atoms with Gasteiger partial charge in [0.15, 0.2) is 11.7 Å². The molecule has 5 nitrogen and oxygen atoms in total. The highest BCUT2D eigenvalue weighted by molar-refractivity contribution is 7.80. The van der Waals surface area contributed by atoms with E-state index in [0.29, 0.717) is 10.8 Å². The number of thiocarbonyl (C=S) groups is 1. The Morgan fingerprint density at radius 1 is 1.14 bits per heavy atom. The van der Waals surface area contributed by atoms with E-state index in [0.717, 1.165) is 42.9 Å². The highest BCUT2D eigenvalue weighted by Gasteiger charge is 2.18. The van der Waals surface area contributed by atoms with Gasteiger partial charge in [0.05, 0.1) is 16.4 Å². The minimum Gasteiger partial charge on any atom is -0.483 e. The maximum atomic E-state index is 12.2. The molecule has 0 bridgehead atoms. The van der Waals surface area contributed by atoms with Gasteiger partial charge in [0.2, 0.25) is 0 Å². The van der Waals surface area contributed by atoms with Crippen LogP contribution in [0.2, 0.25) is 5.02 Å². The van der Waals surface area contributed by atoms with Crippen LogP contribution < -0.4 is 20.3 Å². The van der Waals surface area contributed by atoms with E-state index in [9.17, 15) is 4.79 Å². The van der Waals surface area contributed by atoms with Crippen molar-refractivity contribution in [2.75, 3.05) is 29.9 Å². The first kappa shape index (κ1) is 20.4. The number of carbonyl (C=O) groups is 1. The maximum absolute atomic E-state index is 12.2. The first-order valence-electron chi connectivity index (χ1n) is 9.37. The topological polar surface area (TPSA) is 53.6 Å². The summed E-state index contributed by atoms with van der Waals surface area (Å²) in [5, 5.41) is 6.66. The van der Waals surface area contributed by atoms with Crippen LogP contribution >= 0.6 is 23.8 Å². The SMILES string of the molecule is Cc1ccccc1OCC(=O)NC(=S)Nc1cccc(Cl)c1N1CCCCC1. The number of nitrogens with one attached hydrogen (secondary N) is 2. The van der Waals surface area contributed by atoms with Crippen LogP contribution in [0.25, 0.3) is 0 Å². The molecule has 0 aliphatic carbocycles. The summed E-state index contributed by atoms with van der Waals surface area (Å²) in [7, 11) is 0. The van der Waals surface area contributed by atoms with Crippen molar-refractivity contribution in [3.63, 3.8) is 0 Å². The van der Waals surface area contributed by atoms with Crippen molar-refractivity contribution in [1.29, 1.82) is 0 Å². The van der Waals surface area contributed by atoms with Crippen molar-refractivity contribution in [1.82, 2.24) is 5.32 Å². The summed E-state index contributed by atoms with van der Waals surface area (Å²) < 4.78 is 5.56. The van der Waals surface area contributed by atoms with E-state index >= 15 is 0 Å². The fourth-order valence-electron chi connectivity index (χ4n) is 3.23. The molecule has 1 aliphatic heterocycles. The number of ether oxygens (including phenoxy) is 1. The average Bonchev–Trinajstić information content (AvgIpc) is 2.68. The lowest BCUT2D eigenvalue weighted by Crippen LogP contribution is -2.38. The Hall–Kier alpha value is -2.31. The minimum absolute atomic E-state index is 0.110. The molecule has 7 heteroatoms. The van der Waals surface area contributed by atoms with Crippen LogP contribution in [0.15, 0.2) is 42.5 Å². The van der Waals surface area contributed by atoms with Gasteiger partial charge in [-0.3, -0.25) is 10.1 Å². The maximum Gasteiger partial charge on any atom is 0.264 e. The zero-order valence-corrected chi connectivity index (χ0v) is 17.4. The van der Waals surface area contributed by atoms with E-state index < -0.39 is 0 Å². The van der Waals surface area contributed by atoms with Gasteiger partial charge in [0.25, 0.3) is 5.91 Å². The fourth-order valence-corrected chi connectivity index (χ4v) is 3.75. The molecule has 1 aliphatic rings. The summed E-state index contributed by atoms with van der Waals surface area (Å²) in [6.07, 6.45) is 3.52. The molecular formula is C21H24ClN3O2S. The van der Waals surface area contributed by atoms with Crippen LogP contribution in [0, 0.1) is 6.92 Å². The molecular weight excluding hydrogens is 394 g/mol. The number of nitrogens with zero attached hydrogens (tertiary/aromatic N) is 1. The monoisotopic (exact) mass is 417 g/mol. The van der Waals surface area contributed by atoms with Gasteiger partial charge in [0.1, 0.15) is 5.75 Å². The molecule has 1 heterocycles. The molecule has 3 rings (SSSR count). The first-order chi connectivity index (χ1) is 13.5. The number of halogens is 1. The highest BCUT2D eigenvalue weighted by atomic mass is 35.5. The Morgan fingerprint density at radius 3 is 2.64 bits per heavy atom. The lowest BCUT2D eigenvalue weighted by atomic mass is 10.1. The number of aryl methyl sites for hydroxylation is 1. The molecule has 0 saturated carbocycles. The van der Waals surface area contributed by atoms with E-state index in [1.54, 1.807) is 0 Å². The molecule has 2 N–H and O–H groups in total. The molecule has 2 aromatic rings. The van der Waals surface area contributed by atoms with Gasteiger partial charge < -0.3 is 15.0 Å². The van der Waals surface area contributed by atoms with Gasteiger partial charge in [-0.05, 0) is 62.2 Å². The molecule has 1 fully saturated rings. The molecule has 0 spiro atoms. The summed E-state index contributed by atoms with van der Waals surface area (Å²) in [5.74, 6) is 0.362. The summed E-state index contributed by atoms with van der Waals surface area (Å²) in [6, 6.07) is 13.2. The van der Waals surface area contributed by atoms with Gasteiger partial charge in [0, 0.05) is 13.1 Å². The fraction of sp³-hybridized carbons (Fsp3) is 0.333. The third-order valence-corrected chi connectivity index (χ3v) is 5.12. The predicted octanol–water partition coefficient (Wildman–Crippen LogP) is 4.53.